The van der Waals surface area contributed by atoms with Crippen LogP contribution in [0.1, 0.15) is 10.5 Å². The maximum Gasteiger partial charge on any atom is 0.364 e. The Morgan fingerprint density at radius 3 is 2.71 bits per heavy atom. The highest BCUT2D eigenvalue weighted by Gasteiger charge is 2.18. The third-order valence-corrected chi connectivity index (χ3v) is 3.20. The molecule has 1 aliphatic rings. The molecular formula is C14H15N5O2. The Balaban J connectivity index is 1.80. The van der Waals surface area contributed by atoms with Crippen LogP contribution in [-0.4, -0.2) is 47.1 Å². The van der Waals surface area contributed by atoms with E-state index >= 15 is 0 Å². The zero-order valence-corrected chi connectivity index (χ0v) is 11.4. The summed E-state index contributed by atoms with van der Waals surface area (Å²) in [6.07, 6.45) is 7.58. The molecule has 2 aromatic heterocycles. The molecule has 3 heterocycles. The molecule has 0 aliphatic carbocycles. The van der Waals surface area contributed by atoms with Gasteiger partial charge in [0.15, 0.2) is 11.4 Å². The molecule has 7 heteroatoms. The molecule has 0 radical (unpaired) electrons. The van der Waals surface area contributed by atoms with Crippen LogP contribution < -0.4 is 15.0 Å². The third-order valence-electron chi connectivity index (χ3n) is 3.20. The molecule has 0 saturated carbocycles. The Hall–Kier alpha value is -2.54. The number of hydrogen-bond donors (Lipinski definition) is 1. The number of piperazine rings is 1. The van der Waals surface area contributed by atoms with Gasteiger partial charge in [-0.3, -0.25) is 9.97 Å². The Labute approximate surface area is 122 Å². The topological polar surface area (TPSA) is 80.2 Å². The number of anilines is 1. The molecule has 2 aromatic rings. The van der Waals surface area contributed by atoms with Crippen LogP contribution in [-0.2, 0) is 0 Å². The van der Waals surface area contributed by atoms with Crippen LogP contribution in [0.2, 0.25) is 0 Å². The number of nitrogens with one attached hydrogen (secondary N) is 1. The van der Waals surface area contributed by atoms with E-state index in [0.29, 0.717) is 5.75 Å². The van der Waals surface area contributed by atoms with Crippen molar-refractivity contribution in [2.45, 2.75) is 0 Å². The molecule has 0 spiro atoms. The molecule has 1 saturated heterocycles. The van der Waals surface area contributed by atoms with Crippen molar-refractivity contribution in [1.82, 2.24) is 20.3 Å². The zero-order chi connectivity index (χ0) is 14.5. The minimum absolute atomic E-state index is 0.174. The summed E-state index contributed by atoms with van der Waals surface area (Å²) < 4.78 is 5.42. The van der Waals surface area contributed by atoms with Crippen molar-refractivity contribution in [3.63, 3.8) is 0 Å². The van der Waals surface area contributed by atoms with E-state index in [9.17, 15) is 4.79 Å². The van der Waals surface area contributed by atoms with Crippen molar-refractivity contribution in [3.05, 3.63) is 42.7 Å². The molecule has 0 atom stereocenters. The van der Waals surface area contributed by atoms with Gasteiger partial charge in [0.2, 0.25) is 0 Å². The molecule has 1 fully saturated rings. The van der Waals surface area contributed by atoms with E-state index in [4.69, 9.17) is 4.74 Å². The lowest BCUT2D eigenvalue weighted by Gasteiger charge is -2.30. The number of hydrogen-bond acceptors (Lipinski definition) is 7. The summed E-state index contributed by atoms with van der Waals surface area (Å²) in [7, 11) is 0. The number of carbonyl (C=O) groups is 1. The van der Waals surface area contributed by atoms with E-state index in [1.807, 2.05) is 6.07 Å². The quantitative estimate of drug-likeness (QED) is 0.822. The third kappa shape index (κ3) is 3.14. The largest absolute Gasteiger partial charge is 0.418 e. The minimum Gasteiger partial charge on any atom is -0.418 e. The maximum atomic E-state index is 12.1. The normalized spacial score (nSPS) is 14.8. The van der Waals surface area contributed by atoms with Crippen LogP contribution in [0, 0.1) is 0 Å². The van der Waals surface area contributed by atoms with Gasteiger partial charge in [-0.05, 0) is 6.07 Å². The van der Waals surface area contributed by atoms with Crippen LogP contribution in [0.3, 0.4) is 0 Å². The van der Waals surface area contributed by atoms with Crippen molar-refractivity contribution < 1.29 is 9.53 Å². The second kappa shape index (κ2) is 6.27. The molecular weight excluding hydrogens is 270 g/mol. The lowest BCUT2D eigenvalue weighted by molar-refractivity contribution is 0.0728. The maximum absolute atomic E-state index is 12.1. The number of carbonyl (C=O) groups excluding carboxylic acids is 1. The van der Waals surface area contributed by atoms with Crippen molar-refractivity contribution in [2.75, 3.05) is 31.1 Å². The van der Waals surface area contributed by atoms with Gasteiger partial charge in [0.1, 0.15) is 0 Å². The van der Waals surface area contributed by atoms with Gasteiger partial charge in [0.05, 0.1) is 18.1 Å². The fourth-order valence-corrected chi connectivity index (χ4v) is 2.17. The molecule has 0 aromatic carbocycles. The molecule has 1 aliphatic heterocycles. The van der Waals surface area contributed by atoms with E-state index in [2.05, 4.69) is 25.2 Å². The van der Waals surface area contributed by atoms with Gasteiger partial charge in [-0.25, -0.2) is 9.78 Å². The van der Waals surface area contributed by atoms with Crippen molar-refractivity contribution in [1.29, 1.82) is 0 Å². The van der Waals surface area contributed by atoms with E-state index in [1.54, 1.807) is 12.4 Å². The first kappa shape index (κ1) is 13.4. The van der Waals surface area contributed by atoms with Crippen LogP contribution in [0.4, 0.5) is 5.69 Å². The van der Waals surface area contributed by atoms with Gasteiger partial charge < -0.3 is 15.0 Å². The number of aromatic nitrogens is 3. The summed E-state index contributed by atoms with van der Waals surface area (Å²) in [6.45, 7) is 3.53. The van der Waals surface area contributed by atoms with Crippen LogP contribution in [0.25, 0.3) is 0 Å². The lowest BCUT2D eigenvalue weighted by Crippen LogP contribution is -2.43. The van der Waals surface area contributed by atoms with Gasteiger partial charge in [0.25, 0.3) is 0 Å². The summed E-state index contributed by atoms with van der Waals surface area (Å²) in [4.78, 5) is 26.1. The first-order valence-corrected chi connectivity index (χ1v) is 6.72. The number of pyridine rings is 1. The van der Waals surface area contributed by atoms with Crippen molar-refractivity contribution in [3.8, 4) is 5.75 Å². The fourth-order valence-electron chi connectivity index (χ4n) is 2.17. The van der Waals surface area contributed by atoms with Crippen LogP contribution in [0.15, 0.2) is 37.1 Å². The van der Waals surface area contributed by atoms with Crippen molar-refractivity contribution in [2.24, 2.45) is 0 Å². The molecule has 108 valence electrons. The minimum atomic E-state index is -0.535. The Morgan fingerprint density at radius 2 is 1.95 bits per heavy atom. The molecule has 21 heavy (non-hydrogen) atoms. The fraction of sp³-hybridized carbons (Fsp3) is 0.286. The smallest absolute Gasteiger partial charge is 0.364 e. The SMILES string of the molecule is O=C(Oc1cnccc1N1CCNCC1)c1cnccn1. The van der Waals surface area contributed by atoms with Crippen LogP contribution >= 0.6 is 0 Å². The van der Waals surface area contributed by atoms with Gasteiger partial charge >= 0.3 is 5.97 Å². The lowest BCUT2D eigenvalue weighted by atomic mass is 10.3. The van der Waals surface area contributed by atoms with Gasteiger partial charge in [-0.2, -0.15) is 0 Å². The highest BCUT2D eigenvalue weighted by Crippen LogP contribution is 2.27. The average Bonchev–Trinajstić information content (AvgIpc) is 2.57. The highest BCUT2D eigenvalue weighted by molar-refractivity contribution is 5.89. The summed E-state index contributed by atoms with van der Waals surface area (Å²) in [5.74, 6) is -0.0949. The van der Waals surface area contributed by atoms with E-state index in [0.717, 1.165) is 31.9 Å². The molecule has 3 rings (SSSR count). The molecule has 1 N–H and O–H groups in total. The van der Waals surface area contributed by atoms with Gasteiger partial charge in [-0.1, -0.05) is 0 Å². The summed E-state index contributed by atoms with van der Waals surface area (Å²) in [5.41, 5.74) is 1.04. The first-order chi connectivity index (χ1) is 10.3. The van der Waals surface area contributed by atoms with E-state index in [1.165, 1.54) is 18.6 Å². The Morgan fingerprint density at radius 1 is 1.14 bits per heavy atom. The predicted octanol–water partition coefficient (Wildman–Crippen LogP) is 0.500. The average molecular weight is 285 g/mol. The molecule has 0 bridgehead atoms. The predicted molar refractivity (Wildman–Crippen MR) is 76.3 cm³/mol. The summed E-state index contributed by atoms with van der Waals surface area (Å²) in [6, 6.07) is 1.85. The first-order valence-electron chi connectivity index (χ1n) is 6.72. The summed E-state index contributed by atoms with van der Waals surface area (Å²) >= 11 is 0. The number of esters is 1. The van der Waals surface area contributed by atoms with Gasteiger partial charge in [-0.15, -0.1) is 0 Å². The molecule has 0 amide bonds. The number of nitrogens with zero attached hydrogens (tertiary/aromatic N) is 4. The second-order valence-electron chi connectivity index (χ2n) is 4.56. The second-order valence-corrected chi connectivity index (χ2v) is 4.56. The standard InChI is InChI=1S/C14H15N5O2/c20-14(11-9-17-3-4-18-11)21-13-10-16-2-1-12(13)19-7-5-15-6-8-19/h1-4,9-10,15H,5-8H2. The van der Waals surface area contributed by atoms with Crippen LogP contribution in [0.5, 0.6) is 5.75 Å². The van der Waals surface area contributed by atoms with Gasteiger partial charge in [0, 0.05) is 44.8 Å². The highest BCUT2D eigenvalue weighted by atomic mass is 16.5. The van der Waals surface area contributed by atoms with E-state index in [-0.39, 0.29) is 5.69 Å². The van der Waals surface area contributed by atoms with E-state index < -0.39 is 5.97 Å². The Kier molecular flexibility index (Phi) is 4.02. The molecule has 0 unspecified atom stereocenters. The number of ether oxygens (including phenoxy) is 1. The zero-order valence-electron chi connectivity index (χ0n) is 11.4. The summed E-state index contributed by atoms with van der Waals surface area (Å²) in [5, 5.41) is 3.29. The number of rotatable bonds is 3. The monoisotopic (exact) mass is 285 g/mol. The molecule has 7 nitrogen and oxygen atoms in total. The Bertz CT molecular complexity index is 614. The van der Waals surface area contributed by atoms with Crippen molar-refractivity contribution >= 4 is 11.7 Å².